The Morgan fingerprint density at radius 2 is 1.71 bits per heavy atom. The molecule has 6 heteroatoms. The number of halogens is 1. The van der Waals surface area contributed by atoms with Gasteiger partial charge in [0.25, 0.3) is 0 Å². The highest BCUT2D eigenvalue weighted by molar-refractivity contribution is 7.89. The van der Waals surface area contributed by atoms with Gasteiger partial charge in [0.2, 0.25) is 10.0 Å². The van der Waals surface area contributed by atoms with Crippen LogP contribution in [0.25, 0.3) is 0 Å². The molecule has 2 rings (SSSR count). The van der Waals surface area contributed by atoms with Crippen molar-refractivity contribution in [3.63, 3.8) is 0 Å². The predicted octanol–water partition coefficient (Wildman–Crippen LogP) is 3.25. The van der Waals surface area contributed by atoms with Gasteiger partial charge in [-0.15, -0.1) is 0 Å². The molecule has 4 nitrogen and oxygen atoms in total. The van der Waals surface area contributed by atoms with Gasteiger partial charge in [0.1, 0.15) is 0 Å². The first-order valence-electron chi connectivity index (χ1n) is 6.60. The molecule has 2 aromatic rings. The van der Waals surface area contributed by atoms with Crippen molar-refractivity contribution in [2.75, 3.05) is 11.9 Å². The van der Waals surface area contributed by atoms with Crippen LogP contribution < -0.4 is 10.0 Å². The summed E-state index contributed by atoms with van der Waals surface area (Å²) in [6, 6.07) is 13.8. The van der Waals surface area contributed by atoms with Gasteiger partial charge in [-0.25, -0.2) is 13.1 Å². The van der Waals surface area contributed by atoms with Crippen LogP contribution in [-0.4, -0.2) is 15.0 Å². The molecule has 0 unspecified atom stereocenters. The van der Waals surface area contributed by atoms with Crippen LogP contribution >= 0.6 is 11.6 Å². The average molecular weight is 325 g/mol. The Labute approximate surface area is 130 Å². The van der Waals surface area contributed by atoms with Crippen LogP contribution in [0.1, 0.15) is 12.5 Å². The standard InChI is InChI=1S/C15H17ClN2O2S/c1-2-17-13-7-9-14(10-8-13)21(19,20)18-11-12-5-3-4-6-15(12)16/h3-10,17-18H,2,11H2,1H3. The lowest BCUT2D eigenvalue weighted by molar-refractivity contribution is 0.581. The number of sulfonamides is 1. The number of hydrogen-bond acceptors (Lipinski definition) is 3. The molecule has 2 N–H and O–H groups in total. The molecule has 0 aliphatic heterocycles. The van der Waals surface area contributed by atoms with E-state index < -0.39 is 10.0 Å². The predicted molar refractivity (Wildman–Crippen MR) is 86.1 cm³/mol. The summed E-state index contributed by atoms with van der Waals surface area (Å²) < 4.78 is 27.0. The molecular formula is C15H17ClN2O2S. The maximum Gasteiger partial charge on any atom is 0.240 e. The van der Waals surface area contributed by atoms with E-state index in [2.05, 4.69) is 10.0 Å². The molecule has 0 bridgehead atoms. The smallest absolute Gasteiger partial charge is 0.240 e. The number of anilines is 1. The van der Waals surface area contributed by atoms with Crippen LogP contribution in [0.2, 0.25) is 5.02 Å². The van der Waals surface area contributed by atoms with Gasteiger partial charge < -0.3 is 5.32 Å². The van der Waals surface area contributed by atoms with Crippen molar-refractivity contribution in [3.05, 3.63) is 59.1 Å². The molecule has 112 valence electrons. The minimum atomic E-state index is -3.54. The highest BCUT2D eigenvalue weighted by Gasteiger charge is 2.14. The molecule has 0 spiro atoms. The summed E-state index contributed by atoms with van der Waals surface area (Å²) in [7, 11) is -3.54. The van der Waals surface area contributed by atoms with Crippen LogP contribution in [0, 0.1) is 0 Å². The second-order valence-electron chi connectivity index (χ2n) is 4.47. The first kappa shape index (κ1) is 15.8. The molecule has 0 amide bonds. The Morgan fingerprint density at radius 3 is 2.33 bits per heavy atom. The lowest BCUT2D eigenvalue weighted by atomic mass is 10.2. The molecular weight excluding hydrogens is 308 g/mol. The van der Waals surface area contributed by atoms with Crippen LogP contribution in [-0.2, 0) is 16.6 Å². The fourth-order valence-corrected chi connectivity index (χ4v) is 3.06. The summed E-state index contributed by atoms with van der Waals surface area (Å²) in [5, 5.41) is 3.66. The van der Waals surface area contributed by atoms with Gasteiger partial charge in [-0.1, -0.05) is 29.8 Å². The molecule has 0 aliphatic carbocycles. The van der Waals surface area contributed by atoms with Gasteiger partial charge in [-0.05, 0) is 42.8 Å². The monoisotopic (exact) mass is 324 g/mol. The Balaban J connectivity index is 2.09. The summed E-state index contributed by atoms with van der Waals surface area (Å²) >= 11 is 6.01. The Morgan fingerprint density at radius 1 is 1.05 bits per heavy atom. The van der Waals surface area contributed by atoms with Crippen LogP contribution in [0.5, 0.6) is 0 Å². The van der Waals surface area contributed by atoms with Crippen LogP contribution in [0.4, 0.5) is 5.69 Å². The first-order chi connectivity index (χ1) is 10.0. The maximum absolute atomic E-state index is 12.2. The molecule has 0 heterocycles. The second kappa shape index (κ2) is 6.93. The van der Waals surface area contributed by atoms with Crippen molar-refractivity contribution >= 4 is 27.3 Å². The van der Waals surface area contributed by atoms with E-state index in [9.17, 15) is 8.42 Å². The zero-order valence-electron chi connectivity index (χ0n) is 11.6. The van der Waals surface area contributed by atoms with E-state index in [0.29, 0.717) is 5.02 Å². The molecule has 0 radical (unpaired) electrons. The fraction of sp³-hybridized carbons (Fsp3) is 0.200. The lowest BCUT2D eigenvalue weighted by Gasteiger charge is -2.09. The number of benzene rings is 2. The van der Waals surface area contributed by atoms with Crippen molar-refractivity contribution in [1.29, 1.82) is 0 Å². The third kappa shape index (κ3) is 4.20. The minimum absolute atomic E-state index is 0.164. The largest absolute Gasteiger partial charge is 0.385 e. The average Bonchev–Trinajstić information content (AvgIpc) is 2.47. The minimum Gasteiger partial charge on any atom is -0.385 e. The third-order valence-electron chi connectivity index (χ3n) is 2.96. The zero-order chi connectivity index (χ0) is 15.3. The van der Waals surface area contributed by atoms with Crippen LogP contribution in [0.15, 0.2) is 53.4 Å². The Kier molecular flexibility index (Phi) is 5.22. The Bertz CT molecular complexity index is 700. The number of nitrogens with one attached hydrogen (secondary N) is 2. The highest BCUT2D eigenvalue weighted by atomic mass is 35.5. The van der Waals surface area contributed by atoms with E-state index in [1.807, 2.05) is 13.0 Å². The normalized spacial score (nSPS) is 11.3. The summed E-state index contributed by atoms with van der Waals surface area (Å²) in [6.45, 7) is 2.93. The van der Waals surface area contributed by atoms with Crippen molar-refractivity contribution < 1.29 is 8.42 Å². The molecule has 0 aliphatic rings. The van der Waals surface area contributed by atoms with Crippen molar-refractivity contribution in [1.82, 2.24) is 4.72 Å². The second-order valence-corrected chi connectivity index (χ2v) is 6.64. The van der Waals surface area contributed by atoms with E-state index in [1.54, 1.807) is 42.5 Å². The van der Waals surface area contributed by atoms with Crippen LogP contribution in [0.3, 0.4) is 0 Å². The number of hydrogen-bond donors (Lipinski definition) is 2. The van der Waals surface area contributed by atoms with E-state index in [-0.39, 0.29) is 11.4 Å². The van der Waals surface area contributed by atoms with Crippen molar-refractivity contribution in [2.45, 2.75) is 18.4 Å². The van der Waals surface area contributed by atoms with E-state index in [1.165, 1.54) is 0 Å². The lowest BCUT2D eigenvalue weighted by Crippen LogP contribution is -2.23. The first-order valence-corrected chi connectivity index (χ1v) is 8.46. The number of rotatable bonds is 6. The molecule has 0 atom stereocenters. The Hall–Kier alpha value is -1.56. The van der Waals surface area contributed by atoms with E-state index in [4.69, 9.17) is 11.6 Å². The van der Waals surface area contributed by atoms with E-state index >= 15 is 0 Å². The molecule has 0 fully saturated rings. The summed E-state index contributed by atoms with van der Waals surface area (Å²) in [5.74, 6) is 0. The molecule has 2 aromatic carbocycles. The fourth-order valence-electron chi connectivity index (χ4n) is 1.85. The highest BCUT2D eigenvalue weighted by Crippen LogP contribution is 2.17. The topological polar surface area (TPSA) is 58.2 Å². The maximum atomic E-state index is 12.2. The molecule has 0 saturated carbocycles. The summed E-state index contributed by atoms with van der Waals surface area (Å²) in [4.78, 5) is 0.233. The summed E-state index contributed by atoms with van der Waals surface area (Å²) in [5.41, 5.74) is 1.63. The van der Waals surface area contributed by atoms with Gasteiger partial charge in [-0.2, -0.15) is 0 Å². The molecule has 0 saturated heterocycles. The van der Waals surface area contributed by atoms with Gasteiger partial charge in [-0.3, -0.25) is 0 Å². The van der Waals surface area contributed by atoms with Crippen molar-refractivity contribution in [3.8, 4) is 0 Å². The molecule has 0 aromatic heterocycles. The van der Waals surface area contributed by atoms with E-state index in [0.717, 1.165) is 17.8 Å². The van der Waals surface area contributed by atoms with Gasteiger partial charge >= 0.3 is 0 Å². The van der Waals surface area contributed by atoms with Gasteiger partial charge in [0.15, 0.2) is 0 Å². The van der Waals surface area contributed by atoms with Gasteiger partial charge in [0.05, 0.1) is 4.90 Å². The molecule has 21 heavy (non-hydrogen) atoms. The van der Waals surface area contributed by atoms with Crippen molar-refractivity contribution in [2.24, 2.45) is 0 Å². The third-order valence-corrected chi connectivity index (χ3v) is 4.74. The summed E-state index contributed by atoms with van der Waals surface area (Å²) in [6.07, 6.45) is 0. The zero-order valence-corrected chi connectivity index (χ0v) is 13.2. The quantitative estimate of drug-likeness (QED) is 0.857. The SMILES string of the molecule is CCNc1ccc(S(=O)(=O)NCc2ccccc2Cl)cc1. The van der Waals surface area contributed by atoms with Gasteiger partial charge in [0, 0.05) is 23.8 Å².